The summed E-state index contributed by atoms with van der Waals surface area (Å²) >= 11 is 6.07. The first-order valence-corrected chi connectivity index (χ1v) is 7.54. The van der Waals surface area contributed by atoms with E-state index in [-0.39, 0.29) is 0 Å². The van der Waals surface area contributed by atoms with Crippen molar-refractivity contribution in [2.24, 2.45) is 10.7 Å². The Morgan fingerprint density at radius 1 is 1.13 bits per heavy atom. The van der Waals surface area contributed by atoms with Crippen LogP contribution < -0.4 is 20.5 Å². The van der Waals surface area contributed by atoms with Gasteiger partial charge in [-0.25, -0.2) is 0 Å². The van der Waals surface area contributed by atoms with Crippen LogP contribution in [0.2, 0.25) is 5.02 Å². The molecule has 2 aromatic carbocycles. The Morgan fingerprint density at radius 2 is 1.87 bits per heavy atom. The fourth-order valence-electron chi connectivity index (χ4n) is 2.14. The van der Waals surface area contributed by atoms with Crippen molar-refractivity contribution in [2.45, 2.75) is 6.42 Å². The number of ether oxygens (including phenoxy) is 2. The molecule has 0 fully saturated rings. The van der Waals surface area contributed by atoms with Crippen molar-refractivity contribution in [3.8, 4) is 11.5 Å². The lowest BCUT2D eigenvalue weighted by molar-refractivity contribution is 0.410. The number of rotatable bonds is 6. The number of halogens is 1. The van der Waals surface area contributed by atoms with Gasteiger partial charge < -0.3 is 20.5 Å². The average molecular weight is 334 g/mol. The molecular weight excluding hydrogens is 314 g/mol. The Morgan fingerprint density at radius 3 is 2.57 bits per heavy atom. The lowest BCUT2D eigenvalue weighted by Gasteiger charge is -2.09. The number of nitrogens with zero attached hydrogens (tertiary/aromatic N) is 1. The number of benzene rings is 2. The molecule has 122 valence electrons. The molecule has 0 aliphatic rings. The minimum atomic E-state index is 0.334. The van der Waals surface area contributed by atoms with Crippen LogP contribution in [-0.2, 0) is 6.42 Å². The molecule has 0 amide bonds. The normalized spacial score (nSPS) is 11.2. The molecule has 2 rings (SSSR count). The van der Waals surface area contributed by atoms with Gasteiger partial charge in [-0.2, -0.15) is 0 Å². The Hall–Kier alpha value is -2.40. The van der Waals surface area contributed by atoms with E-state index in [1.54, 1.807) is 26.4 Å². The Kier molecular flexibility index (Phi) is 6.11. The zero-order chi connectivity index (χ0) is 16.7. The largest absolute Gasteiger partial charge is 0.496 e. The van der Waals surface area contributed by atoms with Crippen molar-refractivity contribution in [3.05, 3.63) is 53.1 Å². The highest BCUT2D eigenvalue weighted by atomic mass is 35.5. The molecule has 0 spiro atoms. The molecule has 2 aromatic rings. The van der Waals surface area contributed by atoms with E-state index >= 15 is 0 Å². The molecular formula is C17H20ClN3O2. The van der Waals surface area contributed by atoms with Crippen molar-refractivity contribution < 1.29 is 9.47 Å². The maximum atomic E-state index is 6.07. The van der Waals surface area contributed by atoms with Gasteiger partial charge in [-0.15, -0.1) is 0 Å². The van der Waals surface area contributed by atoms with Crippen LogP contribution in [-0.4, -0.2) is 26.7 Å². The van der Waals surface area contributed by atoms with E-state index < -0.39 is 0 Å². The number of hydrogen-bond acceptors (Lipinski definition) is 3. The van der Waals surface area contributed by atoms with Crippen LogP contribution in [0.3, 0.4) is 0 Å². The molecule has 0 saturated carbocycles. The fourth-order valence-corrected chi connectivity index (χ4v) is 2.40. The van der Waals surface area contributed by atoms with Gasteiger partial charge in [0.1, 0.15) is 11.5 Å². The predicted molar refractivity (Wildman–Crippen MR) is 94.8 cm³/mol. The van der Waals surface area contributed by atoms with Crippen LogP contribution in [0.15, 0.2) is 47.5 Å². The van der Waals surface area contributed by atoms with Crippen LogP contribution in [0.25, 0.3) is 0 Å². The smallest absolute Gasteiger partial charge is 0.193 e. The second kappa shape index (κ2) is 8.29. The standard InChI is InChI=1S/C17H20ClN3O2/c1-22-15-6-4-3-5-12(15)9-10-20-17(19)21-13-7-8-16(23-2)14(18)11-13/h3-8,11H,9-10H2,1-2H3,(H3,19,20,21). The van der Waals surface area contributed by atoms with E-state index in [0.717, 1.165) is 23.4 Å². The average Bonchev–Trinajstić information content (AvgIpc) is 2.55. The Bertz CT molecular complexity index is 689. The number of methoxy groups -OCH3 is 2. The van der Waals surface area contributed by atoms with Crippen LogP contribution >= 0.6 is 11.6 Å². The molecule has 0 atom stereocenters. The second-order valence-electron chi connectivity index (χ2n) is 4.80. The predicted octanol–water partition coefficient (Wildman–Crippen LogP) is 3.33. The molecule has 3 N–H and O–H groups in total. The summed E-state index contributed by atoms with van der Waals surface area (Å²) in [5.41, 5.74) is 7.75. The van der Waals surface area contributed by atoms with Crippen molar-refractivity contribution in [1.29, 1.82) is 0 Å². The van der Waals surface area contributed by atoms with Crippen molar-refractivity contribution in [1.82, 2.24) is 0 Å². The van der Waals surface area contributed by atoms with Crippen LogP contribution in [0, 0.1) is 0 Å². The van der Waals surface area contributed by atoms with E-state index in [1.165, 1.54) is 0 Å². The summed E-state index contributed by atoms with van der Waals surface area (Å²) in [6.07, 6.45) is 0.746. The lowest BCUT2D eigenvalue weighted by atomic mass is 10.1. The molecule has 0 aliphatic carbocycles. The van der Waals surface area contributed by atoms with Gasteiger partial charge in [0.05, 0.1) is 19.2 Å². The quantitative estimate of drug-likeness (QED) is 0.628. The van der Waals surface area contributed by atoms with Gasteiger partial charge in [0, 0.05) is 12.2 Å². The fraction of sp³-hybridized carbons (Fsp3) is 0.235. The summed E-state index contributed by atoms with van der Waals surface area (Å²) in [6, 6.07) is 13.2. The maximum Gasteiger partial charge on any atom is 0.193 e. The SMILES string of the molecule is COc1ccc(NC(N)=NCCc2ccccc2OC)cc1Cl. The second-order valence-corrected chi connectivity index (χ2v) is 5.21. The first-order chi connectivity index (χ1) is 11.1. The zero-order valence-electron chi connectivity index (χ0n) is 13.2. The van der Waals surface area contributed by atoms with E-state index in [2.05, 4.69) is 10.3 Å². The third kappa shape index (κ3) is 4.79. The first-order valence-electron chi connectivity index (χ1n) is 7.16. The first kappa shape index (κ1) is 17.0. The molecule has 0 radical (unpaired) electrons. The summed E-state index contributed by atoms with van der Waals surface area (Å²) in [5, 5.41) is 3.52. The molecule has 0 bridgehead atoms. The Labute approximate surface area is 141 Å². The van der Waals surface area contributed by atoms with E-state index in [9.17, 15) is 0 Å². The number of nitrogens with one attached hydrogen (secondary N) is 1. The van der Waals surface area contributed by atoms with Crippen molar-refractivity contribution in [2.75, 3.05) is 26.1 Å². The number of guanidine groups is 1. The summed E-state index contributed by atoms with van der Waals surface area (Å²) < 4.78 is 10.4. The molecule has 0 aromatic heterocycles. The van der Waals surface area contributed by atoms with Gasteiger partial charge in [0.25, 0.3) is 0 Å². The third-order valence-electron chi connectivity index (χ3n) is 3.28. The maximum absolute atomic E-state index is 6.07. The number of nitrogens with two attached hydrogens (primary N) is 1. The number of aliphatic imine (C=N–C) groups is 1. The number of hydrogen-bond donors (Lipinski definition) is 2. The highest BCUT2D eigenvalue weighted by molar-refractivity contribution is 6.32. The molecule has 5 nitrogen and oxygen atoms in total. The molecule has 6 heteroatoms. The minimum Gasteiger partial charge on any atom is -0.496 e. The van der Waals surface area contributed by atoms with Gasteiger partial charge in [-0.1, -0.05) is 29.8 Å². The minimum absolute atomic E-state index is 0.334. The van der Waals surface area contributed by atoms with E-state index in [1.807, 2.05) is 30.3 Å². The summed E-state index contributed by atoms with van der Waals surface area (Å²) in [6.45, 7) is 0.559. The summed E-state index contributed by atoms with van der Waals surface area (Å²) in [7, 11) is 3.23. The van der Waals surface area contributed by atoms with Crippen LogP contribution in [0.1, 0.15) is 5.56 Å². The molecule has 23 heavy (non-hydrogen) atoms. The van der Waals surface area contributed by atoms with Crippen molar-refractivity contribution >= 4 is 23.2 Å². The molecule has 0 unspecified atom stereocenters. The topological polar surface area (TPSA) is 68.9 Å². The third-order valence-corrected chi connectivity index (χ3v) is 3.58. The highest BCUT2D eigenvalue weighted by Gasteiger charge is 2.03. The van der Waals surface area contributed by atoms with Gasteiger partial charge in [0.15, 0.2) is 5.96 Å². The van der Waals surface area contributed by atoms with Crippen LogP contribution in [0.5, 0.6) is 11.5 Å². The van der Waals surface area contributed by atoms with E-state index in [0.29, 0.717) is 23.3 Å². The van der Waals surface area contributed by atoms with Gasteiger partial charge >= 0.3 is 0 Å². The zero-order valence-corrected chi connectivity index (χ0v) is 13.9. The van der Waals surface area contributed by atoms with E-state index in [4.69, 9.17) is 26.8 Å². The number of para-hydroxylation sites is 1. The lowest BCUT2D eigenvalue weighted by Crippen LogP contribution is -2.23. The van der Waals surface area contributed by atoms with Gasteiger partial charge in [-0.05, 0) is 36.2 Å². The number of anilines is 1. The molecule has 0 aliphatic heterocycles. The van der Waals surface area contributed by atoms with Gasteiger partial charge in [-0.3, -0.25) is 4.99 Å². The van der Waals surface area contributed by atoms with Crippen LogP contribution in [0.4, 0.5) is 5.69 Å². The van der Waals surface area contributed by atoms with Gasteiger partial charge in [0.2, 0.25) is 0 Å². The highest BCUT2D eigenvalue weighted by Crippen LogP contribution is 2.27. The monoisotopic (exact) mass is 333 g/mol. The summed E-state index contributed by atoms with van der Waals surface area (Å²) in [4.78, 5) is 4.32. The van der Waals surface area contributed by atoms with Crippen molar-refractivity contribution in [3.63, 3.8) is 0 Å². The summed E-state index contributed by atoms with van der Waals surface area (Å²) in [5.74, 6) is 1.81. The Balaban J connectivity index is 1.94. The molecule has 0 saturated heterocycles. The molecule has 0 heterocycles.